The first-order chi connectivity index (χ1) is 8.42. The lowest BCUT2D eigenvalue weighted by Crippen LogP contribution is -2.34. The van der Waals surface area contributed by atoms with Crippen LogP contribution in [0.2, 0.25) is 0 Å². The van der Waals surface area contributed by atoms with Gasteiger partial charge in [-0.25, -0.2) is 0 Å². The van der Waals surface area contributed by atoms with Gasteiger partial charge < -0.3 is 10.4 Å². The van der Waals surface area contributed by atoms with Crippen LogP contribution < -0.4 is 5.32 Å². The standard InChI is InChI=1S/C11H18N4O3/c1-11(2,10(17)18)8-9(16)12-4-3-6-15-7-5-13-14-15/h5,7H,3-4,6,8H2,1-2H3,(H,12,16)(H,17,18). The number of carboxylic acids is 1. The minimum atomic E-state index is -1.03. The van der Waals surface area contributed by atoms with E-state index in [4.69, 9.17) is 5.11 Å². The van der Waals surface area contributed by atoms with E-state index in [0.29, 0.717) is 13.1 Å². The number of amides is 1. The molecule has 0 fully saturated rings. The van der Waals surface area contributed by atoms with Crippen LogP contribution in [0.5, 0.6) is 0 Å². The zero-order valence-electron chi connectivity index (χ0n) is 10.6. The maximum atomic E-state index is 11.5. The molecule has 0 aliphatic heterocycles. The SMILES string of the molecule is CC(C)(CC(=O)NCCCn1ccnn1)C(=O)O. The van der Waals surface area contributed by atoms with Gasteiger partial charge in [0.1, 0.15) is 0 Å². The third kappa shape index (κ3) is 4.52. The van der Waals surface area contributed by atoms with Crippen LogP contribution in [-0.4, -0.2) is 38.5 Å². The summed E-state index contributed by atoms with van der Waals surface area (Å²) in [5.74, 6) is -1.22. The lowest BCUT2D eigenvalue weighted by atomic mass is 9.89. The van der Waals surface area contributed by atoms with Crippen LogP contribution in [0.15, 0.2) is 12.4 Å². The van der Waals surface area contributed by atoms with Crippen molar-refractivity contribution in [3.63, 3.8) is 0 Å². The molecule has 0 atom stereocenters. The van der Waals surface area contributed by atoms with Gasteiger partial charge in [0.2, 0.25) is 5.91 Å². The van der Waals surface area contributed by atoms with Crippen molar-refractivity contribution in [2.75, 3.05) is 6.54 Å². The van der Waals surface area contributed by atoms with E-state index in [1.807, 2.05) is 0 Å². The third-order valence-electron chi connectivity index (χ3n) is 2.54. The number of aromatic nitrogens is 3. The normalized spacial score (nSPS) is 11.2. The molecule has 0 saturated heterocycles. The van der Waals surface area contributed by atoms with Gasteiger partial charge in [-0.05, 0) is 20.3 Å². The number of rotatable bonds is 7. The molecule has 7 heteroatoms. The highest BCUT2D eigenvalue weighted by Crippen LogP contribution is 2.19. The molecule has 0 spiro atoms. The van der Waals surface area contributed by atoms with Crippen molar-refractivity contribution < 1.29 is 14.7 Å². The van der Waals surface area contributed by atoms with Crippen molar-refractivity contribution >= 4 is 11.9 Å². The summed E-state index contributed by atoms with van der Waals surface area (Å²) in [5, 5.41) is 19.0. The fourth-order valence-electron chi connectivity index (χ4n) is 1.36. The lowest BCUT2D eigenvalue weighted by Gasteiger charge is -2.18. The monoisotopic (exact) mass is 254 g/mol. The number of aliphatic carboxylic acids is 1. The van der Waals surface area contributed by atoms with Crippen LogP contribution in [0.4, 0.5) is 0 Å². The van der Waals surface area contributed by atoms with E-state index >= 15 is 0 Å². The minimum absolute atomic E-state index is 0.0222. The Hall–Kier alpha value is -1.92. The first-order valence-electron chi connectivity index (χ1n) is 5.76. The van der Waals surface area contributed by atoms with Crippen molar-refractivity contribution in [3.8, 4) is 0 Å². The van der Waals surface area contributed by atoms with Crippen molar-refractivity contribution in [1.29, 1.82) is 0 Å². The van der Waals surface area contributed by atoms with Gasteiger partial charge in [0.25, 0.3) is 0 Å². The smallest absolute Gasteiger partial charge is 0.309 e. The van der Waals surface area contributed by atoms with Gasteiger partial charge in [0, 0.05) is 25.7 Å². The summed E-state index contributed by atoms with van der Waals surface area (Å²) in [6, 6.07) is 0. The second kappa shape index (κ2) is 6.13. The van der Waals surface area contributed by atoms with Gasteiger partial charge >= 0.3 is 5.97 Å². The summed E-state index contributed by atoms with van der Waals surface area (Å²) in [6.45, 7) is 4.23. The van der Waals surface area contributed by atoms with Gasteiger partial charge in [0.15, 0.2) is 0 Å². The fourth-order valence-corrected chi connectivity index (χ4v) is 1.36. The number of carboxylic acid groups (broad SMARTS) is 1. The molecule has 7 nitrogen and oxygen atoms in total. The van der Waals surface area contributed by atoms with Gasteiger partial charge in [-0.15, -0.1) is 5.10 Å². The van der Waals surface area contributed by atoms with Gasteiger partial charge in [-0.2, -0.15) is 0 Å². The minimum Gasteiger partial charge on any atom is -0.481 e. The van der Waals surface area contributed by atoms with Gasteiger partial charge in [-0.1, -0.05) is 5.21 Å². The lowest BCUT2D eigenvalue weighted by molar-refractivity contribution is -0.149. The maximum Gasteiger partial charge on any atom is 0.309 e. The Balaban J connectivity index is 2.19. The number of carbonyl (C=O) groups is 2. The Morgan fingerprint density at radius 3 is 2.72 bits per heavy atom. The van der Waals surface area contributed by atoms with E-state index in [1.165, 1.54) is 13.8 Å². The van der Waals surface area contributed by atoms with Crippen molar-refractivity contribution in [2.24, 2.45) is 5.41 Å². The highest BCUT2D eigenvalue weighted by molar-refractivity contribution is 5.84. The van der Waals surface area contributed by atoms with E-state index in [-0.39, 0.29) is 12.3 Å². The van der Waals surface area contributed by atoms with E-state index in [9.17, 15) is 9.59 Å². The number of nitrogens with one attached hydrogen (secondary N) is 1. The Morgan fingerprint density at radius 2 is 2.17 bits per heavy atom. The summed E-state index contributed by atoms with van der Waals surface area (Å²) in [5.41, 5.74) is -1.03. The molecule has 1 amide bonds. The van der Waals surface area contributed by atoms with E-state index in [1.54, 1.807) is 17.1 Å². The van der Waals surface area contributed by atoms with Crippen LogP contribution >= 0.6 is 0 Å². The molecule has 0 radical (unpaired) electrons. The molecule has 100 valence electrons. The topological polar surface area (TPSA) is 97.1 Å². The predicted octanol–water partition coefficient (Wildman–Crippen LogP) is 0.285. The molecular formula is C11H18N4O3. The molecule has 1 aromatic rings. The van der Waals surface area contributed by atoms with Crippen LogP contribution in [0, 0.1) is 5.41 Å². The van der Waals surface area contributed by atoms with Gasteiger partial charge in [0.05, 0.1) is 11.6 Å². The quantitative estimate of drug-likeness (QED) is 0.681. The molecular weight excluding hydrogens is 236 g/mol. The molecule has 0 aliphatic rings. The number of carbonyl (C=O) groups excluding carboxylic acids is 1. The highest BCUT2D eigenvalue weighted by atomic mass is 16.4. The van der Waals surface area contributed by atoms with E-state index < -0.39 is 11.4 Å². The molecule has 0 unspecified atom stereocenters. The molecule has 0 saturated carbocycles. The Morgan fingerprint density at radius 1 is 1.44 bits per heavy atom. The maximum absolute atomic E-state index is 11.5. The first-order valence-corrected chi connectivity index (χ1v) is 5.76. The zero-order chi connectivity index (χ0) is 13.6. The van der Waals surface area contributed by atoms with Crippen LogP contribution in [0.25, 0.3) is 0 Å². The first kappa shape index (κ1) is 14.1. The van der Waals surface area contributed by atoms with Crippen LogP contribution in [-0.2, 0) is 16.1 Å². The number of hydrogen-bond acceptors (Lipinski definition) is 4. The van der Waals surface area contributed by atoms with Crippen molar-refractivity contribution in [2.45, 2.75) is 33.2 Å². The van der Waals surface area contributed by atoms with Crippen LogP contribution in [0.3, 0.4) is 0 Å². The fraction of sp³-hybridized carbons (Fsp3) is 0.636. The number of aryl methyl sites for hydroxylation is 1. The summed E-state index contributed by atoms with van der Waals surface area (Å²) in [7, 11) is 0. The molecule has 2 N–H and O–H groups in total. The summed E-state index contributed by atoms with van der Waals surface area (Å²) >= 11 is 0. The molecule has 1 heterocycles. The summed E-state index contributed by atoms with van der Waals surface area (Å²) < 4.78 is 1.67. The number of nitrogens with zero attached hydrogens (tertiary/aromatic N) is 3. The van der Waals surface area contributed by atoms with Crippen molar-refractivity contribution in [3.05, 3.63) is 12.4 Å². The zero-order valence-corrected chi connectivity index (χ0v) is 10.6. The summed E-state index contributed by atoms with van der Waals surface area (Å²) in [4.78, 5) is 22.4. The second-order valence-corrected chi connectivity index (χ2v) is 4.74. The summed E-state index contributed by atoms with van der Waals surface area (Å²) in [6.07, 6.45) is 4.04. The largest absolute Gasteiger partial charge is 0.481 e. The average molecular weight is 254 g/mol. The van der Waals surface area contributed by atoms with E-state index in [0.717, 1.165) is 6.42 Å². The molecule has 1 rings (SSSR count). The Labute approximate surface area is 105 Å². The molecule has 18 heavy (non-hydrogen) atoms. The van der Waals surface area contributed by atoms with Gasteiger partial charge in [-0.3, -0.25) is 14.3 Å². The molecule has 1 aromatic heterocycles. The Kier molecular flexibility index (Phi) is 4.82. The predicted molar refractivity (Wildman–Crippen MR) is 63.7 cm³/mol. The third-order valence-corrected chi connectivity index (χ3v) is 2.54. The molecule has 0 aromatic carbocycles. The van der Waals surface area contributed by atoms with Crippen molar-refractivity contribution in [1.82, 2.24) is 20.3 Å². The second-order valence-electron chi connectivity index (χ2n) is 4.74. The molecule has 0 aliphatic carbocycles. The molecule has 0 bridgehead atoms. The number of hydrogen-bond donors (Lipinski definition) is 2. The Bertz CT molecular complexity index is 400. The van der Waals surface area contributed by atoms with E-state index in [2.05, 4.69) is 15.6 Å². The average Bonchev–Trinajstić information content (AvgIpc) is 2.76. The van der Waals surface area contributed by atoms with Crippen LogP contribution in [0.1, 0.15) is 26.7 Å². The highest BCUT2D eigenvalue weighted by Gasteiger charge is 2.29.